The van der Waals surface area contributed by atoms with Crippen molar-refractivity contribution in [1.29, 1.82) is 0 Å². The van der Waals surface area contributed by atoms with E-state index in [1.54, 1.807) is 42.5 Å². The lowest BCUT2D eigenvalue weighted by atomic mass is 10.1. The van der Waals surface area contributed by atoms with Crippen LogP contribution in [0.4, 0.5) is 0 Å². The van der Waals surface area contributed by atoms with Gasteiger partial charge in [-0.05, 0) is 133 Å². The molecular formula is C24H13Br2ClINO4. The second-order valence-corrected chi connectivity index (χ2v) is 10.3. The standard InChI is InChI=1S/C24H13Br2ClINO4/c1-12-8-15(4-7-19(12)28)22-29-20(24(31)33-22)11-13-9-17(25)21(18(26)10-13)32-23(30)14-2-5-16(27)6-3-14/h2-11H,1H3/b20-11-. The van der Waals surface area contributed by atoms with E-state index in [2.05, 4.69) is 59.4 Å². The quantitative estimate of drug-likeness (QED) is 0.124. The highest BCUT2D eigenvalue weighted by Crippen LogP contribution is 2.36. The lowest BCUT2D eigenvalue weighted by molar-refractivity contribution is -0.129. The predicted octanol–water partition coefficient (Wildman–Crippen LogP) is 7.34. The zero-order valence-electron chi connectivity index (χ0n) is 16.9. The Labute approximate surface area is 225 Å². The molecule has 1 heterocycles. The van der Waals surface area contributed by atoms with Crippen molar-refractivity contribution >= 4 is 90.0 Å². The number of esters is 2. The van der Waals surface area contributed by atoms with Crippen LogP contribution in [0.15, 0.2) is 74.2 Å². The normalized spacial score (nSPS) is 14.3. The first-order valence-corrected chi connectivity index (χ1v) is 12.5. The SMILES string of the molecule is Cc1cc(C2=N/C(=C\c3cc(Br)c(OC(=O)c4ccc(Cl)cc4)c(Br)c3)C(=O)O2)ccc1I. The van der Waals surface area contributed by atoms with Crippen molar-refractivity contribution in [3.8, 4) is 5.75 Å². The topological polar surface area (TPSA) is 65.0 Å². The summed E-state index contributed by atoms with van der Waals surface area (Å²) in [5.41, 5.74) is 3.00. The third kappa shape index (κ3) is 5.56. The van der Waals surface area contributed by atoms with E-state index in [1.807, 2.05) is 25.1 Å². The Morgan fingerprint density at radius 1 is 1.09 bits per heavy atom. The van der Waals surface area contributed by atoms with Crippen LogP contribution in [-0.4, -0.2) is 17.8 Å². The summed E-state index contributed by atoms with van der Waals surface area (Å²) >= 11 is 15.0. The highest BCUT2D eigenvalue weighted by atomic mass is 127. The summed E-state index contributed by atoms with van der Waals surface area (Å²) in [6, 6.07) is 15.6. The van der Waals surface area contributed by atoms with Crippen molar-refractivity contribution in [2.24, 2.45) is 4.99 Å². The van der Waals surface area contributed by atoms with E-state index < -0.39 is 11.9 Å². The van der Waals surface area contributed by atoms with Crippen LogP contribution in [0.5, 0.6) is 5.75 Å². The molecule has 0 amide bonds. The van der Waals surface area contributed by atoms with E-state index >= 15 is 0 Å². The van der Waals surface area contributed by atoms with Crippen LogP contribution in [0, 0.1) is 10.5 Å². The zero-order chi connectivity index (χ0) is 23.7. The summed E-state index contributed by atoms with van der Waals surface area (Å²) in [6.07, 6.45) is 1.61. The Morgan fingerprint density at radius 2 is 1.76 bits per heavy atom. The molecule has 0 N–H and O–H groups in total. The maximum atomic E-state index is 12.5. The summed E-state index contributed by atoms with van der Waals surface area (Å²) in [5.74, 6) is -0.491. The molecular weight excluding hydrogens is 688 g/mol. The van der Waals surface area contributed by atoms with Gasteiger partial charge in [-0.3, -0.25) is 0 Å². The van der Waals surface area contributed by atoms with Gasteiger partial charge in [-0.1, -0.05) is 11.6 Å². The second kappa shape index (κ2) is 10.1. The fraction of sp³-hybridized carbons (Fsp3) is 0.0417. The molecule has 33 heavy (non-hydrogen) atoms. The average molecular weight is 702 g/mol. The monoisotopic (exact) mass is 699 g/mol. The smallest absolute Gasteiger partial charge is 0.363 e. The first kappa shape index (κ1) is 24.1. The Hall–Kier alpha value is -2.01. The molecule has 4 rings (SSSR count). The third-order valence-electron chi connectivity index (χ3n) is 4.62. The van der Waals surface area contributed by atoms with Crippen LogP contribution >= 0.6 is 66.1 Å². The van der Waals surface area contributed by atoms with Gasteiger partial charge in [0.1, 0.15) is 0 Å². The third-order valence-corrected chi connectivity index (χ3v) is 7.26. The predicted molar refractivity (Wildman–Crippen MR) is 143 cm³/mol. The number of hydrogen-bond acceptors (Lipinski definition) is 5. The van der Waals surface area contributed by atoms with Gasteiger partial charge in [-0.15, -0.1) is 0 Å². The number of nitrogens with zero attached hydrogens (tertiary/aromatic N) is 1. The fourth-order valence-electron chi connectivity index (χ4n) is 2.97. The molecule has 0 radical (unpaired) electrons. The minimum atomic E-state index is -0.535. The highest BCUT2D eigenvalue weighted by molar-refractivity contribution is 14.1. The van der Waals surface area contributed by atoms with Gasteiger partial charge in [0.2, 0.25) is 5.90 Å². The van der Waals surface area contributed by atoms with Gasteiger partial charge >= 0.3 is 11.9 Å². The van der Waals surface area contributed by atoms with Crippen molar-refractivity contribution in [3.63, 3.8) is 0 Å². The molecule has 5 nitrogen and oxygen atoms in total. The molecule has 0 unspecified atom stereocenters. The minimum Gasteiger partial charge on any atom is -0.421 e. The molecule has 0 bridgehead atoms. The summed E-state index contributed by atoms with van der Waals surface area (Å²) in [6.45, 7) is 1.98. The summed E-state index contributed by atoms with van der Waals surface area (Å²) in [7, 11) is 0. The van der Waals surface area contributed by atoms with E-state index in [0.29, 0.717) is 30.8 Å². The number of benzene rings is 3. The molecule has 166 valence electrons. The molecule has 0 saturated carbocycles. The molecule has 0 atom stereocenters. The first-order valence-electron chi connectivity index (χ1n) is 9.47. The number of carbonyl (C=O) groups is 2. The molecule has 9 heteroatoms. The van der Waals surface area contributed by atoms with Crippen molar-refractivity contribution < 1.29 is 19.1 Å². The lowest BCUT2D eigenvalue weighted by Crippen LogP contribution is -2.09. The second-order valence-electron chi connectivity index (χ2n) is 7.01. The van der Waals surface area contributed by atoms with Gasteiger partial charge in [0.05, 0.1) is 14.5 Å². The van der Waals surface area contributed by atoms with Crippen LogP contribution in [0.1, 0.15) is 27.0 Å². The van der Waals surface area contributed by atoms with Gasteiger partial charge in [-0.25, -0.2) is 14.6 Å². The van der Waals surface area contributed by atoms with Crippen LogP contribution in [0.2, 0.25) is 5.02 Å². The van der Waals surface area contributed by atoms with E-state index in [-0.39, 0.29) is 11.6 Å². The molecule has 0 fully saturated rings. The van der Waals surface area contributed by atoms with E-state index in [4.69, 9.17) is 21.1 Å². The Bertz CT molecular complexity index is 1330. The summed E-state index contributed by atoms with van der Waals surface area (Å²) < 4.78 is 13.0. The van der Waals surface area contributed by atoms with Gasteiger partial charge in [0.25, 0.3) is 0 Å². The molecule has 3 aromatic rings. The number of cyclic esters (lactones) is 1. The Kier molecular flexibility index (Phi) is 7.37. The largest absolute Gasteiger partial charge is 0.421 e. The number of rotatable bonds is 4. The van der Waals surface area contributed by atoms with Crippen LogP contribution in [0.3, 0.4) is 0 Å². The summed E-state index contributed by atoms with van der Waals surface area (Å²) in [4.78, 5) is 29.2. The highest BCUT2D eigenvalue weighted by Gasteiger charge is 2.25. The molecule has 0 aliphatic carbocycles. The number of halogens is 4. The van der Waals surface area contributed by atoms with E-state index in [0.717, 1.165) is 14.7 Å². The fourth-order valence-corrected chi connectivity index (χ4v) is 4.81. The zero-order valence-corrected chi connectivity index (χ0v) is 23.0. The molecule has 0 saturated heterocycles. The maximum Gasteiger partial charge on any atom is 0.363 e. The van der Waals surface area contributed by atoms with Gasteiger partial charge in [0.15, 0.2) is 11.4 Å². The maximum absolute atomic E-state index is 12.5. The van der Waals surface area contributed by atoms with Crippen molar-refractivity contribution in [1.82, 2.24) is 0 Å². The van der Waals surface area contributed by atoms with E-state index in [9.17, 15) is 9.59 Å². The summed E-state index contributed by atoms with van der Waals surface area (Å²) in [5, 5.41) is 0.528. The number of aryl methyl sites for hydroxylation is 1. The van der Waals surface area contributed by atoms with Crippen molar-refractivity contribution in [2.75, 3.05) is 0 Å². The van der Waals surface area contributed by atoms with Crippen LogP contribution < -0.4 is 4.74 Å². The number of aliphatic imine (C=N–C) groups is 1. The van der Waals surface area contributed by atoms with E-state index in [1.165, 1.54) is 0 Å². The molecule has 3 aromatic carbocycles. The van der Waals surface area contributed by atoms with Gasteiger partial charge in [0, 0.05) is 14.2 Å². The van der Waals surface area contributed by atoms with Crippen molar-refractivity contribution in [3.05, 3.63) is 100 Å². The Morgan fingerprint density at radius 3 is 2.39 bits per heavy atom. The molecule has 0 aromatic heterocycles. The minimum absolute atomic E-state index is 0.172. The lowest BCUT2D eigenvalue weighted by Gasteiger charge is -2.10. The van der Waals surface area contributed by atoms with Crippen molar-refractivity contribution in [2.45, 2.75) is 6.92 Å². The number of hydrogen-bond donors (Lipinski definition) is 0. The van der Waals surface area contributed by atoms with Gasteiger partial charge < -0.3 is 9.47 Å². The molecule has 0 spiro atoms. The average Bonchev–Trinajstić information content (AvgIpc) is 3.13. The van der Waals surface area contributed by atoms with Gasteiger partial charge in [-0.2, -0.15) is 0 Å². The Balaban J connectivity index is 1.59. The number of carbonyl (C=O) groups excluding carboxylic acids is 2. The molecule has 1 aliphatic heterocycles. The number of ether oxygens (including phenoxy) is 2. The first-order chi connectivity index (χ1) is 15.7. The molecule has 1 aliphatic rings. The van der Waals surface area contributed by atoms with Crippen LogP contribution in [0.25, 0.3) is 6.08 Å². The van der Waals surface area contributed by atoms with Crippen LogP contribution in [-0.2, 0) is 9.53 Å².